The Labute approximate surface area is 170 Å². The first-order valence-electron chi connectivity index (χ1n) is 9.82. The molecule has 2 heteroatoms. The highest BCUT2D eigenvalue weighted by molar-refractivity contribution is 6.15. The molecule has 0 amide bonds. The average molecular weight is 375 g/mol. The van der Waals surface area contributed by atoms with Crippen LogP contribution in [0.25, 0.3) is 32.8 Å². The number of rotatable bonds is 3. The van der Waals surface area contributed by atoms with Crippen molar-refractivity contribution in [2.24, 2.45) is 0 Å². The van der Waals surface area contributed by atoms with Gasteiger partial charge in [-0.15, -0.1) is 0 Å². The first-order chi connectivity index (χ1) is 14.2. The molecule has 0 fully saturated rings. The predicted molar refractivity (Wildman–Crippen MR) is 121 cm³/mol. The van der Waals surface area contributed by atoms with Crippen LogP contribution >= 0.6 is 0 Å². The molecule has 0 spiro atoms. The third-order valence-electron chi connectivity index (χ3n) is 5.34. The number of aryl methyl sites for hydroxylation is 2. The van der Waals surface area contributed by atoms with Crippen molar-refractivity contribution in [1.82, 2.24) is 4.98 Å². The van der Waals surface area contributed by atoms with Crippen LogP contribution in [-0.2, 0) is 0 Å². The third-order valence-corrected chi connectivity index (χ3v) is 5.34. The summed E-state index contributed by atoms with van der Waals surface area (Å²) in [7, 11) is 0. The lowest BCUT2D eigenvalue weighted by Gasteiger charge is -2.17. The van der Waals surface area contributed by atoms with Gasteiger partial charge in [-0.2, -0.15) is 0 Å². The summed E-state index contributed by atoms with van der Waals surface area (Å²) < 4.78 is 6.54. The van der Waals surface area contributed by atoms with E-state index in [9.17, 15) is 0 Å². The lowest BCUT2D eigenvalue weighted by atomic mass is 9.94. The van der Waals surface area contributed by atoms with Crippen LogP contribution in [-0.4, -0.2) is 4.98 Å². The van der Waals surface area contributed by atoms with E-state index >= 15 is 0 Å². The summed E-state index contributed by atoms with van der Waals surface area (Å²) in [5.74, 6) is 1.73. The topological polar surface area (TPSA) is 22.1 Å². The summed E-state index contributed by atoms with van der Waals surface area (Å²) in [6, 6.07) is 29.2. The highest BCUT2D eigenvalue weighted by Crippen LogP contribution is 2.44. The highest BCUT2D eigenvalue weighted by Gasteiger charge is 2.17. The molecule has 0 atom stereocenters. The number of benzene rings is 4. The molecule has 1 heterocycles. The van der Waals surface area contributed by atoms with Gasteiger partial charge in [0.05, 0.1) is 5.52 Å². The zero-order valence-corrected chi connectivity index (χ0v) is 16.5. The molecule has 5 aromatic rings. The second-order valence-electron chi connectivity index (χ2n) is 7.39. The molecule has 2 nitrogen and oxygen atoms in total. The minimum absolute atomic E-state index is 0.857. The van der Waals surface area contributed by atoms with Crippen LogP contribution in [0.3, 0.4) is 0 Å². The fourth-order valence-electron chi connectivity index (χ4n) is 3.99. The first kappa shape index (κ1) is 17.4. The van der Waals surface area contributed by atoms with Gasteiger partial charge in [0.15, 0.2) is 0 Å². The molecule has 0 aliphatic rings. The van der Waals surface area contributed by atoms with E-state index in [0.717, 1.165) is 49.9 Å². The second kappa shape index (κ2) is 7.06. The summed E-state index contributed by atoms with van der Waals surface area (Å²) in [6.45, 7) is 4.18. The van der Waals surface area contributed by atoms with Gasteiger partial charge in [-0.25, -0.2) is 0 Å². The van der Waals surface area contributed by atoms with Gasteiger partial charge in [0.25, 0.3) is 0 Å². The van der Waals surface area contributed by atoms with Crippen LogP contribution in [0.1, 0.15) is 11.1 Å². The summed E-state index contributed by atoms with van der Waals surface area (Å²) in [6.07, 6.45) is 1.85. The zero-order chi connectivity index (χ0) is 19.8. The smallest absolute Gasteiger partial charge is 0.144 e. The Balaban J connectivity index is 1.85. The van der Waals surface area contributed by atoms with Crippen molar-refractivity contribution >= 4 is 21.7 Å². The lowest BCUT2D eigenvalue weighted by molar-refractivity contribution is 0.489. The summed E-state index contributed by atoms with van der Waals surface area (Å²) in [5.41, 5.74) is 5.61. The van der Waals surface area contributed by atoms with Crippen molar-refractivity contribution in [3.8, 4) is 22.6 Å². The van der Waals surface area contributed by atoms with E-state index in [0.29, 0.717) is 0 Å². The number of ether oxygens (including phenoxy) is 1. The van der Waals surface area contributed by atoms with Crippen LogP contribution in [0.2, 0.25) is 0 Å². The molecule has 0 saturated carbocycles. The number of pyridine rings is 1. The summed E-state index contributed by atoms with van der Waals surface area (Å²) in [4.78, 5) is 4.77. The van der Waals surface area contributed by atoms with Crippen molar-refractivity contribution < 1.29 is 4.74 Å². The Morgan fingerprint density at radius 1 is 0.690 bits per heavy atom. The number of nitrogens with zero attached hydrogens (tertiary/aromatic N) is 1. The molecule has 1 aromatic heterocycles. The second-order valence-corrected chi connectivity index (χ2v) is 7.39. The maximum absolute atomic E-state index is 6.54. The normalized spacial score (nSPS) is 11.1. The molecule has 0 saturated heterocycles. The van der Waals surface area contributed by atoms with E-state index in [1.807, 2.05) is 24.4 Å². The molecular weight excluding hydrogens is 354 g/mol. The Kier molecular flexibility index (Phi) is 4.25. The summed E-state index contributed by atoms with van der Waals surface area (Å²) in [5, 5.41) is 3.25. The van der Waals surface area contributed by atoms with Crippen LogP contribution in [0.4, 0.5) is 0 Å². The third kappa shape index (κ3) is 3.03. The highest BCUT2D eigenvalue weighted by atomic mass is 16.5. The van der Waals surface area contributed by atoms with Crippen molar-refractivity contribution in [3.05, 3.63) is 102 Å². The number of hydrogen-bond acceptors (Lipinski definition) is 2. The molecular formula is C27H21NO. The van der Waals surface area contributed by atoms with Crippen molar-refractivity contribution in [3.63, 3.8) is 0 Å². The molecule has 0 aliphatic heterocycles. The zero-order valence-electron chi connectivity index (χ0n) is 16.5. The Morgan fingerprint density at radius 2 is 1.41 bits per heavy atom. The van der Waals surface area contributed by atoms with Crippen molar-refractivity contribution in [2.75, 3.05) is 0 Å². The van der Waals surface area contributed by atoms with E-state index in [1.165, 1.54) is 5.56 Å². The van der Waals surface area contributed by atoms with E-state index in [2.05, 4.69) is 80.6 Å². The van der Waals surface area contributed by atoms with E-state index < -0.39 is 0 Å². The van der Waals surface area contributed by atoms with E-state index in [-0.39, 0.29) is 0 Å². The van der Waals surface area contributed by atoms with Gasteiger partial charge in [0.1, 0.15) is 11.5 Å². The van der Waals surface area contributed by atoms with Crippen LogP contribution in [0, 0.1) is 13.8 Å². The maximum Gasteiger partial charge on any atom is 0.144 e. The van der Waals surface area contributed by atoms with Gasteiger partial charge in [-0.1, -0.05) is 72.3 Å². The molecule has 0 aliphatic carbocycles. The quantitative estimate of drug-likeness (QED) is 0.305. The first-order valence-corrected chi connectivity index (χ1v) is 9.82. The minimum atomic E-state index is 0.857. The Bertz CT molecular complexity index is 1280. The van der Waals surface area contributed by atoms with Crippen LogP contribution < -0.4 is 4.74 Å². The van der Waals surface area contributed by atoms with E-state index in [1.54, 1.807) is 0 Å². The van der Waals surface area contributed by atoms with Gasteiger partial charge in [-0.3, -0.25) is 4.98 Å². The number of hydrogen-bond donors (Lipinski definition) is 0. The van der Waals surface area contributed by atoms with Crippen molar-refractivity contribution in [2.45, 2.75) is 13.8 Å². The number of aromatic nitrogens is 1. The van der Waals surface area contributed by atoms with Gasteiger partial charge in [0, 0.05) is 22.5 Å². The number of fused-ring (bicyclic) bond motifs is 2. The standard InChI is InChI=1S/C27H21NO/c1-18-14-15-24(19(2)17-18)29-27-22-12-7-6-11-21(22)25(20-9-4-3-5-10-20)26-23(27)13-8-16-28-26/h3-17H,1-2H3. The molecule has 4 aromatic carbocycles. The molecule has 0 bridgehead atoms. The maximum atomic E-state index is 6.54. The largest absolute Gasteiger partial charge is 0.456 e. The van der Waals surface area contributed by atoms with Gasteiger partial charge >= 0.3 is 0 Å². The molecule has 140 valence electrons. The fraction of sp³-hybridized carbons (Fsp3) is 0.0741. The molecule has 0 radical (unpaired) electrons. The van der Waals surface area contributed by atoms with Gasteiger partial charge < -0.3 is 4.74 Å². The Hall–Kier alpha value is -3.65. The Morgan fingerprint density at radius 3 is 2.21 bits per heavy atom. The minimum Gasteiger partial charge on any atom is -0.456 e. The SMILES string of the molecule is Cc1ccc(Oc2c3ccccc3c(-c3ccccc3)c3ncccc23)c(C)c1. The molecule has 0 unspecified atom stereocenters. The predicted octanol–water partition coefficient (Wildman–Crippen LogP) is 7.46. The summed E-state index contributed by atoms with van der Waals surface area (Å²) >= 11 is 0. The van der Waals surface area contributed by atoms with Gasteiger partial charge in [-0.05, 0) is 48.6 Å². The molecule has 29 heavy (non-hydrogen) atoms. The van der Waals surface area contributed by atoms with Crippen molar-refractivity contribution in [1.29, 1.82) is 0 Å². The van der Waals surface area contributed by atoms with Gasteiger partial charge in [0.2, 0.25) is 0 Å². The monoisotopic (exact) mass is 375 g/mol. The lowest BCUT2D eigenvalue weighted by Crippen LogP contribution is -1.94. The fourth-order valence-corrected chi connectivity index (χ4v) is 3.99. The van der Waals surface area contributed by atoms with Crippen LogP contribution in [0.5, 0.6) is 11.5 Å². The van der Waals surface area contributed by atoms with Crippen LogP contribution in [0.15, 0.2) is 91.1 Å². The van der Waals surface area contributed by atoms with E-state index in [4.69, 9.17) is 9.72 Å². The average Bonchev–Trinajstić information content (AvgIpc) is 2.76. The molecule has 0 N–H and O–H groups in total. The molecule has 5 rings (SSSR count).